The molecule has 2 rings (SSSR count). The maximum atomic E-state index is 4.83. The van der Waals surface area contributed by atoms with Crippen molar-refractivity contribution >= 4 is 11.8 Å². The molecule has 0 unspecified atom stereocenters. The predicted molar refractivity (Wildman–Crippen MR) is 98.1 cm³/mol. The molecule has 0 bridgehead atoms. The van der Waals surface area contributed by atoms with Crippen LogP contribution in [0.1, 0.15) is 39.0 Å². The molecule has 124 valence electrons. The number of hydrogen-bond donors (Lipinski definition) is 0. The lowest BCUT2D eigenvalue weighted by Crippen LogP contribution is -2.33. The zero-order valence-electron chi connectivity index (χ0n) is 15.0. The number of nitrogens with zero attached hydrogens (tertiary/aromatic N) is 4. The summed E-state index contributed by atoms with van der Waals surface area (Å²) in [4.78, 5) is 14.0. The molecule has 0 spiro atoms. The van der Waals surface area contributed by atoms with E-state index in [0.29, 0.717) is 6.04 Å². The van der Waals surface area contributed by atoms with Gasteiger partial charge < -0.3 is 9.80 Å². The average Bonchev–Trinajstić information content (AvgIpc) is 2.54. The average molecular weight is 312 g/mol. The Morgan fingerprint density at radius 3 is 2.22 bits per heavy atom. The van der Waals surface area contributed by atoms with Gasteiger partial charge in [-0.05, 0) is 40.2 Å². The molecule has 1 aromatic carbocycles. The SMILES string of the molecule is CCN(CC)c1cc(C)nc(N(Cc2ccccc2)C(C)C)n1. The van der Waals surface area contributed by atoms with E-state index in [-0.39, 0.29) is 0 Å². The Morgan fingerprint density at radius 1 is 1.00 bits per heavy atom. The van der Waals surface area contributed by atoms with Crippen LogP contribution in [0.3, 0.4) is 0 Å². The first-order valence-corrected chi connectivity index (χ1v) is 8.46. The second-order valence-electron chi connectivity index (χ2n) is 6.05. The van der Waals surface area contributed by atoms with Crippen LogP contribution < -0.4 is 9.80 Å². The van der Waals surface area contributed by atoms with Gasteiger partial charge in [-0.25, -0.2) is 4.98 Å². The third-order valence-corrected chi connectivity index (χ3v) is 3.99. The van der Waals surface area contributed by atoms with Crippen molar-refractivity contribution in [1.82, 2.24) is 9.97 Å². The van der Waals surface area contributed by atoms with Crippen LogP contribution in [0.2, 0.25) is 0 Å². The van der Waals surface area contributed by atoms with Crippen molar-refractivity contribution in [3.8, 4) is 0 Å². The van der Waals surface area contributed by atoms with Gasteiger partial charge in [0.2, 0.25) is 5.95 Å². The molecular weight excluding hydrogens is 284 g/mol. The topological polar surface area (TPSA) is 32.3 Å². The monoisotopic (exact) mass is 312 g/mol. The minimum atomic E-state index is 0.335. The largest absolute Gasteiger partial charge is 0.357 e. The number of aryl methyl sites for hydroxylation is 1. The zero-order valence-corrected chi connectivity index (χ0v) is 15.0. The van der Waals surface area contributed by atoms with E-state index in [4.69, 9.17) is 9.97 Å². The van der Waals surface area contributed by atoms with E-state index in [9.17, 15) is 0 Å². The van der Waals surface area contributed by atoms with Crippen LogP contribution in [-0.2, 0) is 6.54 Å². The van der Waals surface area contributed by atoms with Gasteiger partial charge in [0, 0.05) is 37.4 Å². The highest BCUT2D eigenvalue weighted by molar-refractivity contribution is 5.46. The first-order valence-electron chi connectivity index (χ1n) is 8.46. The molecule has 0 fully saturated rings. The van der Waals surface area contributed by atoms with Crippen LogP contribution in [0, 0.1) is 6.92 Å². The fourth-order valence-electron chi connectivity index (χ4n) is 2.64. The number of rotatable bonds is 7. The van der Waals surface area contributed by atoms with Gasteiger partial charge in [-0.15, -0.1) is 0 Å². The Bertz CT molecular complexity index is 606. The quantitative estimate of drug-likeness (QED) is 0.772. The van der Waals surface area contributed by atoms with Crippen molar-refractivity contribution in [2.75, 3.05) is 22.9 Å². The predicted octanol–water partition coefficient (Wildman–Crippen LogP) is 4.05. The summed E-state index contributed by atoms with van der Waals surface area (Å²) in [5.74, 6) is 1.82. The zero-order chi connectivity index (χ0) is 16.8. The van der Waals surface area contributed by atoms with Crippen LogP contribution in [0.4, 0.5) is 11.8 Å². The Balaban J connectivity index is 2.35. The van der Waals surface area contributed by atoms with E-state index in [0.717, 1.165) is 37.1 Å². The molecule has 0 saturated heterocycles. The van der Waals surface area contributed by atoms with E-state index in [1.54, 1.807) is 0 Å². The second kappa shape index (κ2) is 7.95. The maximum absolute atomic E-state index is 4.83. The highest BCUT2D eigenvalue weighted by Gasteiger charge is 2.16. The lowest BCUT2D eigenvalue weighted by atomic mass is 10.2. The third kappa shape index (κ3) is 4.44. The summed E-state index contributed by atoms with van der Waals surface area (Å²) >= 11 is 0. The summed E-state index contributed by atoms with van der Waals surface area (Å²) in [5, 5.41) is 0. The molecular formula is C19H28N4. The van der Waals surface area contributed by atoms with Crippen LogP contribution in [0.25, 0.3) is 0 Å². The van der Waals surface area contributed by atoms with Gasteiger partial charge in [-0.3, -0.25) is 0 Å². The Labute approximate surface area is 140 Å². The molecule has 0 atom stereocenters. The Kier molecular flexibility index (Phi) is 5.97. The lowest BCUT2D eigenvalue weighted by Gasteiger charge is -2.29. The number of benzene rings is 1. The summed E-state index contributed by atoms with van der Waals surface area (Å²) in [6.45, 7) is 13.4. The van der Waals surface area contributed by atoms with E-state index >= 15 is 0 Å². The first-order chi connectivity index (χ1) is 11.0. The van der Waals surface area contributed by atoms with Crippen LogP contribution in [-0.4, -0.2) is 29.1 Å². The van der Waals surface area contributed by atoms with Gasteiger partial charge in [0.25, 0.3) is 0 Å². The van der Waals surface area contributed by atoms with Crippen molar-refractivity contribution in [1.29, 1.82) is 0 Å². The minimum Gasteiger partial charge on any atom is -0.357 e. The van der Waals surface area contributed by atoms with Gasteiger partial charge in [0.1, 0.15) is 5.82 Å². The highest BCUT2D eigenvalue weighted by Crippen LogP contribution is 2.21. The molecule has 1 aromatic heterocycles. The smallest absolute Gasteiger partial charge is 0.228 e. The van der Waals surface area contributed by atoms with Crippen molar-refractivity contribution in [2.24, 2.45) is 0 Å². The molecule has 4 heteroatoms. The van der Waals surface area contributed by atoms with Crippen molar-refractivity contribution in [2.45, 2.75) is 47.2 Å². The van der Waals surface area contributed by atoms with Gasteiger partial charge in [0.05, 0.1) is 0 Å². The van der Waals surface area contributed by atoms with Crippen molar-refractivity contribution < 1.29 is 0 Å². The summed E-state index contributed by atoms with van der Waals surface area (Å²) in [6.07, 6.45) is 0. The standard InChI is InChI=1S/C19H28N4/c1-6-22(7-2)18-13-16(5)20-19(21-18)23(15(3)4)14-17-11-9-8-10-12-17/h8-13,15H,6-7,14H2,1-5H3. The fraction of sp³-hybridized carbons (Fsp3) is 0.474. The third-order valence-electron chi connectivity index (χ3n) is 3.99. The van der Waals surface area contributed by atoms with Gasteiger partial charge >= 0.3 is 0 Å². The summed E-state index contributed by atoms with van der Waals surface area (Å²) in [6, 6.07) is 12.9. The van der Waals surface area contributed by atoms with Crippen molar-refractivity contribution in [3.05, 3.63) is 47.7 Å². The van der Waals surface area contributed by atoms with E-state index in [1.165, 1.54) is 5.56 Å². The molecule has 1 heterocycles. The summed E-state index contributed by atoms with van der Waals surface area (Å²) < 4.78 is 0. The highest BCUT2D eigenvalue weighted by atomic mass is 15.3. The molecule has 0 N–H and O–H groups in total. The number of anilines is 2. The minimum absolute atomic E-state index is 0.335. The fourth-order valence-corrected chi connectivity index (χ4v) is 2.64. The summed E-state index contributed by atoms with van der Waals surface area (Å²) in [7, 11) is 0. The lowest BCUT2D eigenvalue weighted by molar-refractivity contribution is 0.657. The molecule has 0 aliphatic rings. The van der Waals surface area contributed by atoms with Crippen LogP contribution in [0.15, 0.2) is 36.4 Å². The molecule has 0 aliphatic carbocycles. The Morgan fingerprint density at radius 2 is 1.65 bits per heavy atom. The van der Waals surface area contributed by atoms with Crippen molar-refractivity contribution in [3.63, 3.8) is 0 Å². The number of aromatic nitrogens is 2. The van der Waals surface area contributed by atoms with E-state index in [2.05, 4.69) is 67.8 Å². The normalized spacial score (nSPS) is 10.9. The molecule has 0 saturated carbocycles. The first kappa shape index (κ1) is 17.3. The van der Waals surface area contributed by atoms with Gasteiger partial charge in [-0.2, -0.15) is 4.98 Å². The van der Waals surface area contributed by atoms with E-state index < -0.39 is 0 Å². The maximum Gasteiger partial charge on any atom is 0.228 e. The Hall–Kier alpha value is -2.10. The molecule has 4 nitrogen and oxygen atoms in total. The molecule has 0 radical (unpaired) electrons. The van der Waals surface area contributed by atoms with Gasteiger partial charge in [0.15, 0.2) is 0 Å². The van der Waals surface area contributed by atoms with Gasteiger partial charge in [-0.1, -0.05) is 30.3 Å². The number of hydrogen-bond acceptors (Lipinski definition) is 4. The molecule has 2 aromatic rings. The molecule has 0 aliphatic heterocycles. The summed E-state index contributed by atoms with van der Waals surface area (Å²) in [5.41, 5.74) is 2.28. The molecule has 0 amide bonds. The second-order valence-corrected chi connectivity index (χ2v) is 6.05. The molecule has 23 heavy (non-hydrogen) atoms. The van der Waals surface area contributed by atoms with E-state index in [1.807, 2.05) is 13.0 Å². The van der Waals surface area contributed by atoms with Crippen LogP contribution >= 0.6 is 0 Å². The van der Waals surface area contributed by atoms with Crippen LogP contribution in [0.5, 0.6) is 0 Å².